The highest BCUT2D eigenvalue weighted by molar-refractivity contribution is 7.89. The summed E-state index contributed by atoms with van der Waals surface area (Å²) in [5, 5.41) is 0. The van der Waals surface area contributed by atoms with E-state index in [9.17, 15) is 13.2 Å². The molecule has 0 saturated carbocycles. The molecule has 0 aromatic heterocycles. The summed E-state index contributed by atoms with van der Waals surface area (Å²) in [4.78, 5) is 17.2. The van der Waals surface area contributed by atoms with Gasteiger partial charge in [-0.2, -0.15) is 0 Å². The third-order valence-corrected chi connectivity index (χ3v) is 5.52. The maximum absolute atomic E-state index is 13.1. The number of benzene rings is 2. The van der Waals surface area contributed by atoms with E-state index in [4.69, 9.17) is 0 Å². The van der Waals surface area contributed by atoms with Crippen LogP contribution in [0.2, 0.25) is 0 Å². The lowest BCUT2D eigenvalue weighted by atomic mass is 10.0. The Morgan fingerprint density at radius 2 is 1.69 bits per heavy atom. The number of nitrogens with zero attached hydrogens (tertiary/aromatic N) is 2. The maximum atomic E-state index is 13.1. The van der Waals surface area contributed by atoms with Gasteiger partial charge in [-0.15, -0.1) is 0 Å². The number of hydrogen-bond donors (Lipinski definition) is 0. The van der Waals surface area contributed by atoms with E-state index in [0.29, 0.717) is 17.7 Å². The second-order valence-corrected chi connectivity index (χ2v) is 9.09. The van der Waals surface area contributed by atoms with Gasteiger partial charge in [0, 0.05) is 31.5 Å². The van der Waals surface area contributed by atoms with Gasteiger partial charge in [0.15, 0.2) is 9.84 Å². The zero-order valence-electron chi connectivity index (χ0n) is 15.1. The van der Waals surface area contributed by atoms with Gasteiger partial charge in [-0.05, 0) is 30.3 Å². The molecule has 5 nitrogen and oxygen atoms in total. The number of sulfone groups is 1. The summed E-state index contributed by atoms with van der Waals surface area (Å²) in [7, 11) is -1.02. The number of amides is 1. The molecule has 1 saturated heterocycles. The molecule has 0 spiro atoms. The summed E-state index contributed by atoms with van der Waals surface area (Å²) in [5.41, 5.74) is 2.41. The molecule has 1 atom stereocenters. The normalized spacial score (nSPS) is 18.7. The second kappa shape index (κ2) is 7.60. The SMILES string of the molecule is CN1CCN(C(=O)c2ccc(CS(C)(=O)=O)cc2)[C@@H](c2ccccc2)C1. The van der Waals surface area contributed by atoms with E-state index in [2.05, 4.69) is 24.1 Å². The third kappa shape index (κ3) is 4.51. The van der Waals surface area contributed by atoms with Crippen LogP contribution in [0.3, 0.4) is 0 Å². The predicted molar refractivity (Wildman–Crippen MR) is 103 cm³/mol. The maximum Gasteiger partial charge on any atom is 0.254 e. The first-order valence-corrected chi connectivity index (χ1v) is 10.7. The van der Waals surface area contributed by atoms with E-state index >= 15 is 0 Å². The molecule has 0 N–H and O–H groups in total. The molecule has 2 aromatic rings. The summed E-state index contributed by atoms with van der Waals surface area (Å²) in [5.74, 6) is -0.0272. The van der Waals surface area contributed by atoms with Crippen LogP contribution in [0.5, 0.6) is 0 Å². The number of carbonyl (C=O) groups is 1. The van der Waals surface area contributed by atoms with E-state index in [1.54, 1.807) is 24.3 Å². The van der Waals surface area contributed by atoms with Gasteiger partial charge in [0.05, 0.1) is 11.8 Å². The van der Waals surface area contributed by atoms with E-state index in [0.717, 1.165) is 18.7 Å². The van der Waals surface area contributed by atoms with Crippen molar-refractivity contribution in [2.45, 2.75) is 11.8 Å². The molecule has 1 heterocycles. The molecule has 0 radical (unpaired) electrons. The van der Waals surface area contributed by atoms with Crippen molar-refractivity contribution in [3.8, 4) is 0 Å². The van der Waals surface area contributed by atoms with Crippen molar-refractivity contribution < 1.29 is 13.2 Å². The van der Waals surface area contributed by atoms with Crippen molar-refractivity contribution in [2.24, 2.45) is 0 Å². The minimum atomic E-state index is -3.08. The average Bonchev–Trinajstić information content (AvgIpc) is 2.61. The average molecular weight is 372 g/mol. The van der Waals surface area contributed by atoms with Gasteiger partial charge in [0.1, 0.15) is 0 Å². The summed E-state index contributed by atoms with van der Waals surface area (Å²) in [6.45, 7) is 2.29. The lowest BCUT2D eigenvalue weighted by Gasteiger charge is -2.40. The Bertz CT molecular complexity index is 864. The smallest absolute Gasteiger partial charge is 0.254 e. The molecule has 0 unspecified atom stereocenters. The number of carbonyl (C=O) groups excluding carboxylic acids is 1. The fraction of sp³-hybridized carbons (Fsp3) is 0.350. The minimum absolute atomic E-state index is 0.0113. The number of hydrogen-bond acceptors (Lipinski definition) is 4. The molecule has 6 heteroatoms. The Morgan fingerprint density at radius 1 is 1.04 bits per heavy atom. The molecular weight excluding hydrogens is 348 g/mol. The van der Waals surface area contributed by atoms with Crippen LogP contribution in [-0.4, -0.2) is 57.1 Å². The quantitative estimate of drug-likeness (QED) is 0.827. The molecule has 2 aromatic carbocycles. The molecular formula is C20H24N2O3S. The highest BCUT2D eigenvalue weighted by Crippen LogP contribution is 2.26. The van der Waals surface area contributed by atoms with Gasteiger partial charge in [0.25, 0.3) is 5.91 Å². The lowest BCUT2D eigenvalue weighted by molar-refractivity contribution is 0.0498. The first kappa shape index (κ1) is 18.6. The van der Waals surface area contributed by atoms with E-state index in [-0.39, 0.29) is 17.7 Å². The van der Waals surface area contributed by atoms with Gasteiger partial charge in [-0.25, -0.2) is 8.42 Å². The summed E-state index contributed by atoms with van der Waals surface area (Å²) in [6.07, 6.45) is 1.21. The number of likely N-dealkylation sites (N-methyl/N-ethyl adjacent to an activating group) is 1. The topological polar surface area (TPSA) is 57.7 Å². The van der Waals surface area contributed by atoms with Crippen molar-refractivity contribution in [3.63, 3.8) is 0 Å². The predicted octanol–water partition coefficient (Wildman–Crippen LogP) is 2.36. The molecule has 0 bridgehead atoms. The molecule has 0 aliphatic carbocycles. The Balaban J connectivity index is 1.82. The van der Waals surface area contributed by atoms with E-state index < -0.39 is 9.84 Å². The van der Waals surface area contributed by atoms with Gasteiger partial charge in [-0.3, -0.25) is 4.79 Å². The summed E-state index contributed by atoms with van der Waals surface area (Å²) >= 11 is 0. The van der Waals surface area contributed by atoms with Gasteiger partial charge in [0.2, 0.25) is 0 Å². The highest BCUT2D eigenvalue weighted by atomic mass is 32.2. The first-order chi connectivity index (χ1) is 12.3. The van der Waals surface area contributed by atoms with Crippen molar-refractivity contribution >= 4 is 15.7 Å². The Morgan fingerprint density at radius 3 is 2.31 bits per heavy atom. The lowest BCUT2D eigenvalue weighted by Crippen LogP contribution is -2.49. The van der Waals surface area contributed by atoms with Crippen LogP contribution in [-0.2, 0) is 15.6 Å². The van der Waals surface area contributed by atoms with Gasteiger partial charge < -0.3 is 9.80 Å². The van der Waals surface area contributed by atoms with Crippen LogP contribution in [0, 0.1) is 0 Å². The fourth-order valence-electron chi connectivity index (χ4n) is 3.34. The van der Waals surface area contributed by atoms with E-state index in [1.165, 1.54) is 6.26 Å². The van der Waals surface area contributed by atoms with Crippen molar-refractivity contribution in [3.05, 3.63) is 71.3 Å². The van der Waals surface area contributed by atoms with Crippen molar-refractivity contribution in [1.82, 2.24) is 9.80 Å². The van der Waals surface area contributed by atoms with Gasteiger partial charge >= 0.3 is 0 Å². The number of piperazine rings is 1. The molecule has 138 valence electrons. The second-order valence-electron chi connectivity index (χ2n) is 6.95. The standard InChI is InChI=1S/C20H24N2O3S/c1-21-12-13-22(19(14-21)17-6-4-3-5-7-17)20(23)18-10-8-16(9-11-18)15-26(2,24)25/h3-11,19H,12-15H2,1-2H3/t19-/m1/s1. The highest BCUT2D eigenvalue weighted by Gasteiger charge is 2.30. The third-order valence-electron chi connectivity index (χ3n) is 4.66. The Labute approximate surface area is 155 Å². The molecule has 26 heavy (non-hydrogen) atoms. The molecule has 1 fully saturated rings. The van der Waals surface area contributed by atoms with Crippen LogP contribution >= 0.6 is 0 Å². The molecule has 1 aliphatic heterocycles. The Hall–Kier alpha value is -2.18. The monoisotopic (exact) mass is 372 g/mol. The largest absolute Gasteiger partial charge is 0.329 e. The fourth-order valence-corrected chi connectivity index (χ4v) is 4.13. The first-order valence-electron chi connectivity index (χ1n) is 8.64. The molecule has 3 rings (SSSR count). The van der Waals surface area contributed by atoms with Crippen LogP contribution in [0.25, 0.3) is 0 Å². The zero-order valence-corrected chi connectivity index (χ0v) is 15.9. The van der Waals surface area contributed by atoms with Crippen LogP contribution in [0.4, 0.5) is 0 Å². The zero-order chi connectivity index (χ0) is 18.7. The summed E-state index contributed by atoms with van der Waals surface area (Å²) in [6, 6.07) is 17.0. The van der Waals surface area contributed by atoms with Crippen LogP contribution in [0.1, 0.15) is 27.5 Å². The van der Waals surface area contributed by atoms with E-state index in [1.807, 2.05) is 23.1 Å². The minimum Gasteiger partial charge on any atom is -0.329 e. The number of rotatable bonds is 4. The van der Waals surface area contributed by atoms with Gasteiger partial charge in [-0.1, -0.05) is 42.5 Å². The van der Waals surface area contributed by atoms with Crippen LogP contribution in [0.15, 0.2) is 54.6 Å². The summed E-state index contributed by atoms with van der Waals surface area (Å²) < 4.78 is 22.8. The molecule has 1 amide bonds. The Kier molecular flexibility index (Phi) is 5.44. The van der Waals surface area contributed by atoms with Crippen molar-refractivity contribution in [1.29, 1.82) is 0 Å². The van der Waals surface area contributed by atoms with Crippen molar-refractivity contribution in [2.75, 3.05) is 32.9 Å². The van der Waals surface area contributed by atoms with Crippen LogP contribution < -0.4 is 0 Å². The molecule has 1 aliphatic rings.